The Morgan fingerprint density at radius 1 is 1.60 bits per heavy atom. The molecule has 0 aromatic carbocycles. The predicted molar refractivity (Wildman–Crippen MR) is 65.1 cm³/mol. The molecular weight excluding hydrogens is 212 g/mol. The summed E-state index contributed by atoms with van der Waals surface area (Å²) >= 11 is 1.57. The summed E-state index contributed by atoms with van der Waals surface area (Å²) in [7, 11) is 1.81. The Morgan fingerprint density at radius 2 is 2.20 bits per heavy atom. The number of nitrogens with one attached hydrogen (secondary N) is 2. The highest BCUT2D eigenvalue weighted by Gasteiger charge is 2.21. The molecule has 0 spiro atoms. The average Bonchev–Trinajstić information content (AvgIpc) is 2.14. The third kappa shape index (κ3) is 6.76. The van der Waals surface area contributed by atoms with Crippen molar-refractivity contribution in [1.29, 1.82) is 0 Å². The van der Waals surface area contributed by atoms with E-state index in [-0.39, 0.29) is 11.8 Å². The van der Waals surface area contributed by atoms with Crippen molar-refractivity contribution in [3.63, 3.8) is 0 Å². The third-order valence-corrected chi connectivity index (χ3v) is 2.97. The van der Waals surface area contributed by atoms with Crippen LogP contribution in [0.1, 0.15) is 13.8 Å². The Hall–Kier alpha value is -0.260. The molecule has 0 saturated carbocycles. The van der Waals surface area contributed by atoms with E-state index in [1.54, 1.807) is 18.7 Å². The molecule has 0 saturated heterocycles. The van der Waals surface area contributed by atoms with E-state index in [0.717, 1.165) is 0 Å². The van der Waals surface area contributed by atoms with E-state index in [4.69, 9.17) is 0 Å². The van der Waals surface area contributed by atoms with Crippen LogP contribution in [-0.4, -0.2) is 48.8 Å². The fraction of sp³-hybridized carbons (Fsp3) is 0.900. The minimum absolute atomic E-state index is 0.0225. The largest absolute Gasteiger partial charge is 0.387 e. The highest BCUT2D eigenvalue weighted by atomic mass is 32.2. The molecule has 0 radical (unpaired) electrons. The number of carbonyl (C=O) groups is 1. The lowest BCUT2D eigenvalue weighted by Gasteiger charge is -2.23. The maximum atomic E-state index is 11.5. The Morgan fingerprint density at radius 3 is 2.67 bits per heavy atom. The van der Waals surface area contributed by atoms with Gasteiger partial charge in [0, 0.05) is 24.8 Å². The van der Waals surface area contributed by atoms with Crippen LogP contribution >= 0.6 is 11.8 Å². The molecule has 0 heterocycles. The van der Waals surface area contributed by atoms with Crippen LogP contribution < -0.4 is 10.6 Å². The molecule has 0 aromatic rings. The van der Waals surface area contributed by atoms with Crippen LogP contribution in [0.3, 0.4) is 0 Å². The van der Waals surface area contributed by atoms with Gasteiger partial charge < -0.3 is 15.7 Å². The fourth-order valence-corrected chi connectivity index (χ4v) is 1.94. The predicted octanol–water partition coefficient (Wildman–Crippen LogP) is 0.0721. The van der Waals surface area contributed by atoms with Gasteiger partial charge in [0.2, 0.25) is 5.91 Å². The third-order valence-electron chi connectivity index (χ3n) is 2.06. The summed E-state index contributed by atoms with van der Waals surface area (Å²) in [5, 5.41) is 15.5. The van der Waals surface area contributed by atoms with E-state index in [0.29, 0.717) is 18.8 Å². The Kier molecular flexibility index (Phi) is 6.96. The summed E-state index contributed by atoms with van der Waals surface area (Å²) in [5.74, 6) is 0.527. The van der Waals surface area contributed by atoms with Crippen LogP contribution in [0.2, 0.25) is 0 Å². The van der Waals surface area contributed by atoms with Crippen molar-refractivity contribution >= 4 is 17.7 Å². The summed E-state index contributed by atoms with van der Waals surface area (Å²) in [4.78, 5) is 11.5. The molecule has 2 atom stereocenters. The number of thioether (sulfide) groups is 1. The number of carbonyl (C=O) groups excluding carboxylic acids is 1. The van der Waals surface area contributed by atoms with Gasteiger partial charge in [-0.3, -0.25) is 4.79 Å². The molecule has 5 heteroatoms. The van der Waals surface area contributed by atoms with E-state index in [1.807, 2.05) is 20.2 Å². The fourth-order valence-electron chi connectivity index (χ4n) is 1.21. The summed E-state index contributed by atoms with van der Waals surface area (Å²) in [5.41, 5.74) is -0.825. The van der Waals surface area contributed by atoms with Crippen molar-refractivity contribution in [3.05, 3.63) is 0 Å². The second kappa shape index (κ2) is 7.09. The monoisotopic (exact) mass is 234 g/mol. The van der Waals surface area contributed by atoms with Gasteiger partial charge in [-0.25, -0.2) is 0 Å². The first-order valence-electron chi connectivity index (χ1n) is 5.06. The number of aliphatic hydroxyl groups is 1. The maximum Gasteiger partial charge on any atom is 0.224 e. The van der Waals surface area contributed by atoms with Crippen LogP contribution in [-0.2, 0) is 4.79 Å². The lowest BCUT2D eigenvalue weighted by molar-refractivity contribution is -0.125. The Balaban J connectivity index is 3.88. The zero-order valence-corrected chi connectivity index (χ0v) is 10.8. The molecule has 1 amide bonds. The molecule has 90 valence electrons. The highest BCUT2D eigenvalue weighted by molar-refractivity contribution is 7.98. The van der Waals surface area contributed by atoms with Gasteiger partial charge >= 0.3 is 0 Å². The summed E-state index contributed by atoms with van der Waals surface area (Å²) in [6, 6.07) is 0. The van der Waals surface area contributed by atoms with Gasteiger partial charge in [-0.1, -0.05) is 6.92 Å². The molecule has 0 aliphatic heterocycles. The van der Waals surface area contributed by atoms with Crippen molar-refractivity contribution in [2.24, 2.45) is 5.92 Å². The SMILES string of the molecule is CNCC(C)C(=O)NCC(C)(O)CSC. The van der Waals surface area contributed by atoms with Crippen molar-refractivity contribution in [2.45, 2.75) is 19.4 Å². The molecule has 0 bridgehead atoms. The summed E-state index contributed by atoms with van der Waals surface area (Å²) in [6.45, 7) is 4.54. The van der Waals surface area contributed by atoms with Crippen LogP contribution in [0.4, 0.5) is 0 Å². The summed E-state index contributed by atoms with van der Waals surface area (Å²) < 4.78 is 0. The van der Waals surface area contributed by atoms with E-state index in [9.17, 15) is 9.90 Å². The molecule has 0 aliphatic carbocycles. The first kappa shape index (κ1) is 14.7. The maximum absolute atomic E-state index is 11.5. The minimum Gasteiger partial charge on any atom is -0.387 e. The molecule has 0 rings (SSSR count). The molecule has 3 N–H and O–H groups in total. The standard InChI is InChI=1S/C10H22N2O2S/c1-8(5-11-3)9(13)12-6-10(2,14)7-15-4/h8,11,14H,5-7H2,1-4H3,(H,12,13). The van der Waals surface area contributed by atoms with Crippen LogP contribution in [0.5, 0.6) is 0 Å². The quantitative estimate of drug-likeness (QED) is 0.583. The van der Waals surface area contributed by atoms with Gasteiger partial charge in [-0.15, -0.1) is 0 Å². The van der Waals surface area contributed by atoms with Crippen molar-refractivity contribution in [2.75, 3.05) is 32.1 Å². The molecule has 2 unspecified atom stereocenters. The minimum atomic E-state index is -0.825. The zero-order valence-electron chi connectivity index (χ0n) is 9.96. The smallest absolute Gasteiger partial charge is 0.224 e. The Bertz CT molecular complexity index is 198. The van der Waals surface area contributed by atoms with E-state index in [1.165, 1.54) is 0 Å². The average molecular weight is 234 g/mol. The molecule has 0 fully saturated rings. The highest BCUT2D eigenvalue weighted by Crippen LogP contribution is 2.09. The van der Waals surface area contributed by atoms with Gasteiger partial charge in [0.05, 0.1) is 5.60 Å². The lowest BCUT2D eigenvalue weighted by Crippen LogP contribution is -2.45. The van der Waals surface area contributed by atoms with E-state index >= 15 is 0 Å². The van der Waals surface area contributed by atoms with Gasteiger partial charge in [0.15, 0.2) is 0 Å². The van der Waals surface area contributed by atoms with Crippen molar-refractivity contribution in [1.82, 2.24) is 10.6 Å². The number of rotatable bonds is 7. The summed E-state index contributed by atoms with van der Waals surface area (Å²) in [6.07, 6.45) is 1.93. The number of amides is 1. The Labute approximate surface area is 96.2 Å². The zero-order chi connectivity index (χ0) is 11.9. The molecule has 4 nitrogen and oxygen atoms in total. The number of hydrogen-bond acceptors (Lipinski definition) is 4. The van der Waals surface area contributed by atoms with Crippen LogP contribution in [0.25, 0.3) is 0 Å². The molecule has 15 heavy (non-hydrogen) atoms. The van der Waals surface area contributed by atoms with Crippen LogP contribution in [0, 0.1) is 5.92 Å². The first-order valence-corrected chi connectivity index (χ1v) is 6.46. The molecular formula is C10H22N2O2S. The topological polar surface area (TPSA) is 61.4 Å². The van der Waals surface area contributed by atoms with Gasteiger partial charge in [0.1, 0.15) is 0 Å². The molecule has 0 aromatic heterocycles. The normalized spacial score (nSPS) is 16.9. The second-order valence-corrected chi connectivity index (χ2v) is 4.97. The van der Waals surface area contributed by atoms with Gasteiger partial charge in [0.25, 0.3) is 0 Å². The van der Waals surface area contributed by atoms with Crippen LogP contribution in [0.15, 0.2) is 0 Å². The first-order chi connectivity index (χ1) is 6.93. The second-order valence-electron chi connectivity index (χ2n) is 4.11. The van der Waals surface area contributed by atoms with Gasteiger partial charge in [-0.2, -0.15) is 11.8 Å². The molecule has 0 aliphatic rings. The van der Waals surface area contributed by atoms with Gasteiger partial charge in [-0.05, 0) is 20.2 Å². The lowest BCUT2D eigenvalue weighted by atomic mass is 10.1. The number of hydrogen-bond donors (Lipinski definition) is 3. The van der Waals surface area contributed by atoms with E-state index < -0.39 is 5.60 Å². The van der Waals surface area contributed by atoms with E-state index in [2.05, 4.69) is 10.6 Å². The van der Waals surface area contributed by atoms with Crippen molar-refractivity contribution < 1.29 is 9.90 Å². The van der Waals surface area contributed by atoms with Crippen molar-refractivity contribution in [3.8, 4) is 0 Å².